The first-order valence-corrected chi connectivity index (χ1v) is 5.92. The van der Waals surface area contributed by atoms with E-state index in [1.807, 2.05) is 0 Å². The summed E-state index contributed by atoms with van der Waals surface area (Å²) in [5.74, 6) is 2.72. The molecule has 0 amide bonds. The van der Waals surface area contributed by atoms with Gasteiger partial charge in [-0.05, 0) is 37.1 Å². The lowest BCUT2D eigenvalue weighted by atomic mass is 10.2. The lowest BCUT2D eigenvalue weighted by molar-refractivity contribution is 0.0758. The number of fused-ring (bicyclic) bond motifs is 1. The highest BCUT2D eigenvalue weighted by Gasteiger charge is 2.54. The molecule has 3 fully saturated rings. The van der Waals surface area contributed by atoms with Crippen LogP contribution in [0.3, 0.4) is 0 Å². The standard InChI is InChI=1S/C11H20N2O/c12-4-9-10-6-13(7-11(9)10)5-8-2-1-3-14-8/h8-11H,1-7,12H2. The van der Waals surface area contributed by atoms with Gasteiger partial charge in [-0.2, -0.15) is 0 Å². The summed E-state index contributed by atoms with van der Waals surface area (Å²) in [7, 11) is 0. The van der Waals surface area contributed by atoms with Gasteiger partial charge in [0.2, 0.25) is 0 Å². The number of hydrogen-bond acceptors (Lipinski definition) is 3. The van der Waals surface area contributed by atoms with Crippen LogP contribution in [0.25, 0.3) is 0 Å². The summed E-state index contributed by atoms with van der Waals surface area (Å²) in [6.45, 7) is 5.63. The van der Waals surface area contributed by atoms with Crippen LogP contribution in [0.2, 0.25) is 0 Å². The third-order valence-electron chi connectivity index (χ3n) is 4.20. The first-order chi connectivity index (χ1) is 6.88. The molecule has 3 heteroatoms. The van der Waals surface area contributed by atoms with E-state index in [1.165, 1.54) is 32.5 Å². The minimum absolute atomic E-state index is 0.531. The van der Waals surface area contributed by atoms with E-state index >= 15 is 0 Å². The number of rotatable bonds is 3. The zero-order chi connectivity index (χ0) is 9.54. The number of likely N-dealkylation sites (tertiary alicyclic amines) is 1. The van der Waals surface area contributed by atoms with Crippen molar-refractivity contribution >= 4 is 0 Å². The Balaban J connectivity index is 1.45. The average Bonchev–Trinajstić information content (AvgIpc) is 2.63. The first kappa shape index (κ1) is 9.13. The van der Waals surface area contributed by atoms with Gasteiger partial charge in [0.25, 0.3) is 0 Å². The molecule has 2 heterocycles. The molecule has 3 unspecified atom stereocenters. The topological polar surface area (TPSA) is 38.5 Å². The van der Waals surface area contributed by atoms with Crippen molar-refractivity contribution in [1.82, 2.24) is 4.90 Å². The number of nitrogens with two attached hydrogens (primary N) is 1. The highest BCUT2D eigenvalue weighted by Crippen LogP contribution is 2.50. The summed E-state index contributed by atoms with van der Waals surface area (Å²) in [4.78, 5) is 2.58. The predicted octanol–water partition coefficient (Wildman–Crippen LogP) is 0.302. The Labute approximate surface area is 85.6 Å². The van der Waals surface area contributed by atoms with Crippen LogP contribution >= 0.6 is 0 Å². The van der Waals surface area contributed by atoms with Gasteiger partial charge in [0.05, 0.1) is 6.10 Å². The summed E-state index contributed by atoms with van der Waals surface area (Å²) in [5.41, 5.74) is 5.69. The Morgan fingerprint density at radius 3 is 2.64 bits per heavy atom. The molecule has 14 heavy (non-hydrogen) atoms. The van der Waals surface area contributed by atoms with Crippen molar-refractivity contribution in [3.05, 3.63) is 0 Å². The zero-order valence-electron chi connectivity index (χ0n) is 8.69. The molecule has 1 aliphatic carbocycles. The fourth-order valence-corrected chi connectivity index (χ4v) is 3.31. The molecule has 0 aromatic carbocycles. The quantitative estimate of drug-likeness (QED) is 0.705. The Morgan fingerprint density at radius 1 is 1.29 bits per heavy atom. The molecule has 0 aromatic rings. The number of piperidine rings is 1. The smallest absolute Gasteiger partial charge is 0.0702 e. The van der Waals surface area contributed by atoms with Crippen molar-refractivity contribution in [2.75, 3.05) is 32.8 Å². The van der Waals surface area contributed by atoms with E-state index in [4.69, 9.17) is 10.5 Å². The molecule has 3 nitrogen and oxygen atoms in total. The second-order valence-corrected chi connectivity index (χ2v) is 5.08. The number of hydrogen-bond donors (Lipinski definition) is 1. The SMILES string of the molecule is NCC1C2CN(CC3CCCO3)CC12. The Hall–Kier alpha value is -0.120. The van der Waals surface area contributed by atoms with Gasteiger partial charge in [-0.1, -0.05) is 0 Å². The van der Waals surface area contributed by atoms with Gasteiger partial charge in [0, 0.05) is 26.2 Å². The van der Waals surface area contributed by atoms with Crippen LogP contribution in [0.4, 0.5) is 0 Å². The summed E-state index contributed by atoms with van der Waals surface area (Å²) in [5, 5.41) is 0. The van der Waals surface area contributed by atoms with Crippen LogP contribution < -0.4 is 5.73 Å². The van der Waals surface area contributed by atoms with E-state index in [1.54, 1.807) is 0 Å². The summed E-state index contributed by atoms with van der Waals surface area (Å²) in [6.07, 6.45) is 3.06. The zero-order valence-corrected chi connectivity index (χ0v) is 8.69. The molecule has 0 spiro atoms. The molecule has 3 atom stereocenters. The van der Waals surface area contributed by atoms with E-state index < -0.39 is 0 Å². The highest BCUT2D eigenvalue weighted by atomic mass is 16.5. The van der Waals surface area contributed by atoms with Gasteiger partial charge in [0.1, 0.15) is 0 Å². The second kappa shape index (κ2) is 3.47. The minimum atomic E-state index is 0.531. The van der Waals surface area contributed by atoms with Crippen LogP contribution in [-0.4, -0.2) is 43.8 Å². The minimum Gasteiger partial charge on any atom is -0.377 e. The molecule has 0 radical (unpaired) electrons. The lowest BCUT2D eigenvalue weighted by Crippen LogP contribution is -2.33. The molecule has 3 aliphatic rings. The molecule has 3 rings (SSSR count). The van der Waals surface area contributed by atoms with Crippen LogP contribution in [0.15, 0.2) is 0 Å². The largest absolute Gasteiger partial charge is 0.377 e. The van der Waals surface area contributed by atoms with Gasteiger partial charge < -0.3 is 15.4 Å². The number of ether oxygens (including phenoxy) is 1. The molecule has 1 saturated carbocycles. The first-order valence-electron chi connectivity index (χ1n) is 5.92. The predicted molar refractivity (Wildman–Crippen MR) is 54.9 cm³/mol. The van der Waals surface area contributed by atoms with E-state index in [2.05, 4.69) is 4.90 Å². The van der Waals surface area contributed by atoms with Crippen LogP contribution in [0.1, 0.15) is 12.8 Å². The average molecular weight is 196 g/mol. The summed E-state index contributed by atoms with van der Waals surface area (Å²) >= 11 is 0. The van der Waals surface area contributed by atoms with E-state index in [0.717, 1.165) is 30.9 Å². The monoisotopic (exact) mass is 196 g/mol. The Bertz CT molecular complexity index is 203. The van der Waals surface area contributed by atoms with Gasteiger partial charge in [-0.25, -0.2) is 0 Å². The van der Waals surface area contributed by atoms with E-state index in [0.29, 0.717) is 6.10 Å². The van der Waals surface area contributed by atoms with Crippen LogP contribution in [0.5, 0.6) is 0 Å². The Morgan fingerprint density at radius 2 is 2.07 bits per heavy atom. The van der Waals surface area contributed by atoms with Gasteiger partial charge in [-0.15, -0.1) is 0 Å². The normalized spacial score (nSPS) is 46.9. The summed E-state index contributed by atoms with van der Waals surface area (Å²) in [6, 6.07) is 0. The van der Waals surface area contributed by atoms with Gasteiger partial charge in [0.15, 0.2) is 0 Å². The van der Waals surface area contributed by atoms with Gasteiger partial charge in [-0.3, -0.25) is 0 Å². The van der Waals surface area contributed by atoms with Crippen molar-refractivity contribution in [2.45, 2.75) is 18.9 Å². The maximum Gasteiger partial charge on any atom is 0.0702 e. The fourth-order valence-electron chi connectivity index (χ4n) is 3.31. The van der Waals surface area contributed by atoms with Crippen LogP contribution in [0, 0.1) is 17.8 Å². The molecule has 2 saturated heterocycles. The summed E-state index contributed by atoms with van der Waals surface area (Å²) < 4.78 is 5.65. The molecule has 0 bridgehead atoms. The van der Waals surface area contributed by atoms with Crippen molar-refractivity contribution in [2.24, 2.45) is 23.5 Å². The Kier molecular flexibility index (Phi) is 2.26. The van der Waals surface area contributed by atoms with Crippen molar-refractivity contribution in [1.29, 1.82) is 0 Å². The highest BCUT2D eigenvalue weighted by molar-refractivity contribution is 5.05. The second-order valence-electron chi connectivity index (χ2n) is 5.08. The van der Waals surface area contributed by atoms with Crippen molar-refractivity contribution < 1.29 is 4.74 Å². The lowest BCUT2D eigenvalue weighted by Gasteiger charge is -2.22. The van der Waals surface area contributed by atoms with E-state index in [9.17, 15) is 0 Å². The molecule has 80 valence electrons. The molecule has 0 aromatic heterocycles. The number of nitrogens with zero attached hydrogens (tertiary/aromatic N) is 1. The van der Waals surface area contributed by atoms with Crippen LogP contribution in [-0.2, 0) is 4.74 Å². The van der Waals surface area contributed by atoms with E-state index in [-0.39, 0.29) is 0 Å². The van der Waals surface area contributed by atoms with Crippen molar-refractivity contribution in [3.63, 3.8) is 0 Å². The maximum atomic E-state index is 5.69. The third-order valence-corrected chi connectivity index (χ3v) is 4.20. The molecular formula is C11H20N2O. The molecule has 2 aliphatic heterocycles. The maximum absolute atomic E-state index is 5.69. The van der Waals surface area contributed by atoms with Gasteiger partial charge >= 0.3 is 0 Å². The molecular weight excluding hydrogens is 176 g/mol. The third kappa shape index (κ3) is 1.47. The molecule has 2 N–H and O–H groups in total. The fraction of sp³-hybridized carbons (Fsp3) is 1.00. The van der Waals surface area contributed by atoms with Crippen molar-refractivity contribution in [3.8, 4) is 0 Å².